The number of nitrogens with zero attached hydrogens (tertiary/aromatic N) is 2. The molecule has 2 heterocycles. The summed E-state index contributed by atoms with van der Waals surface area (Å²) in [7, 11) is 0. The Morgan fingerprint density at radius 3 is 2.30 bits per heavy atom. The highest BCUT2D eigenvalue weighted by Crippen LogP contribution is 2.32. The van der Waals surface area contributed by atoms with Gasteiger partial charge in [0.15, 0.2) is 0 Å². The Morgan fingerprint density at radius 2 is 1.63 bits per heavy atom. The first-order valence-electron chi connectivity index (χ1n) is 9.52. The SMILES string of the molecule is O=C(Nc1nnc(Cc2ccc(F)cc2)s1)NC1(c2ccc(F)cc2)CCOCC1. The third-order valence-corrected chi connectivity index (χ3v) is 5.89. The molecule has 9 heteroatoms. The molecule has 0 aliphatic carbocycles. The molecule has 0 radical (unpaired) electrons. The van der Waals surface area contributed by atoms with Gasteiger partial charge in [-0.3, -0.25) is 5.32 Å². The summed E-state index contributed by atoms with van der Waals surface area (Å²) in [6.07, 6.45) is 1.66. The predicted octanol–water partition coefficient (Wildman–Crippen LogP) is 4.23. The van der Waals surface area contributed by atoms with E-state index < -0.39 is 11.6 Å². The summed E-state index contributed by atoms with van der Waals surface area (Å²) in [4.78, 5) is 12.7. The fraction of sp³-hybridized carbons (Fsp3) is 0.286. The average molecular weight is 430 g/mol. The van der Waals surface area contributed by atoms with E-state index in [4.69, 9.17) is 4.74 Å². The molecule has 0 atom stereocenters. The Kier molecular flexibility index (Phi) is 6.01. The van der Waals surface area contributed by atoms with Crippen molar-refractivity contribution in [1.82, 2.24) is 15.5 Å². The summed E-state index contributed by atoms with van der Waals surface area (Å²) in [6.45, 7) is 0.997. The fourth-order valence-corrected chi connectivity index (χ4v) is 4.24. The number of urea groups is 1. The highest BCUT2D eigenvalue weighted by Gasteiger charge is 2.36. The number of benzene rings is 2. The zero-order chi connectivity index (χ0) is 21.0. The summed E-state index contributed by atoms with van der Waals surface area (Å²) >= 11 is 1.26. The van der Waals surface area contributed by atoms with Crippen LogP contribution in [0, 0.1) is 11.6 Å². The minimum absolute atomic E-state index is 0.293. The first-order valence-corrected chi connectivity index (χ1v) is 10.3. The van der Waals surface area contributed by atoms with Crippen LogP contribution < -0.4 is 10.6 Å². The van der Waals surface area contributed by atoms with Crippen LogP contribution in [0.5, 0.6) is 0 Å². The van der Waals surface area contributed by atoms with Crippen molar-refractivity contribution in [3.63, 3.8) is 0 Å². The molecule has 1 aromatic heterocycles. The second-order valence-corrected chi connectivity index (χ2v) is 8.15. The van der Waals surface area contributed by atoms with Gasteiger partial charge in [0.1, 0.15) is 16.6 Å². The van der Waals surface area contributed by atoms with Crippen LogP contribution in [0.4, 0.5) is 18.7 Å². The first-order chi connectivity index (χ1) is 14.5. The molecule has 2 aromatic carbocycles. The lowest BCUT2D eigenvalue weighted by molar-refractivity contribution is 0.0417. The van der Waals surface area contributed by atoms with Crippen molar-refractivity contribution < 1.29 is 18.3 Å². The molecule has 3 aromatic rings. The van der Waals surface area contributed by atoms with Gasteiger partial charge in [0.05, 0.1) is 5.54 Å². The molecule has 0 spiro atoms. The summed E-state index contributed by atoms with van der Waals surface area (Å²) < 4.78 is 31.8. The van der Waals surface area contributed by atoms with Crippen molar-refractivity contribution >= 4 is 22.5 Å². The van der Waals surface area contributed by atoms with Crippen LogP contribution in [0.3, 0.4) is 0 Å². The van der Waals surface area contributed by atoms with Gasteiger partial charge in [-0.2, -0.15) is 0 Å². The Balaban J connectivity index is 1.43. The van der Waals surface area contributed by atoms with E-state index in [1.165, 1.54) is 35.6 Å². The number of carbonyl (C=O) groups is 1. The van der Waals surface area contributed by atoms with Gasteiger partial charge in [0, 0.05) is 19.6 Å². The smallest absolute Gasteiger partial charge is 0.321 e. The standard InChI is InChI=1S/C21H20F2N4O2S/c22-16-5-1-14(2-6-16)13-18-26-27-20(30-18)24-19(28)25-21(9-11-29-12-10-21)15-3-7-17(23)8-4-15/h1-8H,9-13H2,(H2,24,25,27,28). The van der Waals surface area contributed by atoms with E-state index >= 15 is 0 Å². The van der Waals surface area contributed by atoms with Crippen molar-refractivity contribution in [2.24, 2.45) is 0 Å². The summed E-state index contributed by atoms with van der Waals surface area (Å²) in [5, 5.41) is 14.9. The minimum atomic E-state index is -0.641. The Labute approximate surface area is 176 Å². The Hall–Kier alpha value is -2.91. The largest absolute Gasteiger partial charge is 0.381 e. The van der Waals surface area contributed by atoms with E-state index in [0.717, 1.165) is 11.1 Å². The van der Waals surface area contributed by atoms with Crippen LogP contribution >= 0.6 is 11.3 Å². The van der Waals surface area contributed by atoms with Crippen molar-refractivity contribution in [1.29, 1.82) is 0 Å². The third-order valence-electron chi connectivity index (χ3n) is 5.05. The molecule has 30 heavy (non-hydrogen) atoms. The van der Waals surface area contributed by atoms with Crippen molar-refractivity contribution in [2.45, 2.75) is 24.8 Å². The summed E-state index contributed by atoms with van der Waals surface area (Å²) in [6, 6.07) is 11.9. The van der Waals surface area contributed by atoms with Crippen molar-refractivity contribution in [2.75, 3.05) is 18.5 Å². The van der Waals surface area contributed by atoms with Gasteiger partial charge in [-0.1, -0.05) is 35.6 Å². The van der Waals surface area contributed by atoms with Crippen LogP contribution in [-0.4, -0.2) is 29.4 Å². The maximum atomic E-state index is 13.4. The number of anilines is 1. The van der Waals surface area contributed by atoms with Crippen LogP contribution in [0.2, 0.25) is 0 Å². The highest BCUT2D eigenvalue weighted by atomic mass is 32.1. The zero-order valence-corrected chi connectivity index (χ0v) is 16.8. The Morgan fingerprint density at radius 1 is 1.00 bits per heavy atom. The van der Waals surface area contributed by atoms with Crippen LogP contribution in [0.1, 0.15) is 29.0 Å². The third kappa shape index (κ3) is 4.80. The van der Waals surface area contributed by atoms with Gasteiger partial charge in [0.25, 0.3) is 0 Å². The molecule has 1 aliphatic rings. The topological polar surface area (TPSA) is 76.1 Å². The Bertz CT molecular complexity index is 1000. The number of amides is 2. The van der Waals surface area contributed by atoms with E-state index in [1.807, 2.05) is 0 Å². The maximum absolute atomic E-state index is 13.4. The molecule has 0 unspecified atom stereocenters. The van der Waals surface area contributed by atoms with Crippen LogP contribution in [-0.2, 0) is 16.7 Å². The van der Waals surface area contributed by atoms with Gasteiger partial charge in [-0.25, -0.2) is 13.6 Å². The van der Waals surface area contributed by atoms with Crippen LogP contribution in [0.15, 0.2) is 48.5 Å². The normalized spacial score (nSPS) is 15.5. The average Bonchev–Trinajstić information content (AvgIpc) is 3.17. The molecule has 1 fully saturated rings. The van der Waals surface area contributed by atoms with E-state index in [-0.39, 0.29) is 11.6 Å². The van der Waals surface area contributed by atoms with E-state index in [0.29, 0.717) is 42.6 Å². The molecule has 1 saturated heterocycles. The number of nitrogens with one attached hydrogen (secondary N) is 2. The number of hydrogen-bond acceptors (Lipinski definition) is 5. The molecule has 0 saturated carbocycles. The van der Waals surface area contributed by atoms with Crippen LogP contribution in [0.25, 0.3) is 0 Å². The molecule has 4 rings (SSSR count). The molecule has 0 bridgehead atoms. The van der Waals surface area contributed by atoms with E-state index in [1.54, 1.807) is 24.3 Å². The van der Waals surface area contributed by atoms with Gasteiger partial charge >= 0.3 is 6.03 Å². The second kappa shape index (κ2) is 8.85. The van der Waals surface area contributed by atoms with E-state index in [9.17, 15) is 13.6 Å². The van der Waals surface area contributed by atoms with Gasteiger partial charge in [0.2, 0.25) is 5.13 Å². The van der Waals surface area contributed by atoms with Gasteiger partial charge < -0.3 is 10.1 Å². The van der Waals surface area contributed by atoms with Crippen molar-refractivity contribution in [3.05, 3.63) is 76.3 Å². The monoisotopic (exact) mass is 430 g/mol. The molecule has 6 nitrogen and oxygen atoms in total. The van der Waals surface area contributed by atoms with Gasteiger partial charge in [-0.05, 0) is 48.2 Å². The predicted molar refractivity (Wildman–Crippen MR) is 109 cm³/mol. The molecular formula is C21H20F2N4O2S. The molecule has 156 valence electrons. The lowest BCUT2D eigenvalue weighted by Crippen LogP contribution is -2.50. The first kappa shape index (κ1) is 20.4. The summed E-state index contributed by atoms with van der Waals surface area (Å²) in [5.74, 6) is -0.619. The number of halogens is 2. The molecule has 2 N–H and O–H groups in total. The molecule has 1 aliphatic heterocycles. The number of rotatable bonds is 5. The van der Waals surface area contributed by atoms with Crippen molar-refractivity contribution in [3.8, 4) is 0 Å². The maximum Gasteiger partial charge on any atom is 0.321 e. The van der Waals surface area contributed by atoms with E-state index in [2.05, 4.69) is 20.8 Å². The minimum Gasteiger partial charge on any atom is -0.381 e. The quantitative estimate of drug-likeness (QED) is 0.635. The summed E-state index contributed by atoms with van der Waals surface area (Å²) in [5.41, 5.74) is 1.09. The second-order valence-electron chi connectivity index (χ2n) is 7.08. The van der Waals surface area contributed by atoms with Gasteiger partial charge in [-0.15, -0.1) is 10.2 Å². The lowest BCUT2D eigenvalue weighted by atomic mass is 9.83. The zero-order valence-electron chi connectivity index (χ0n) is 16.0. The number of carbonyl (C=O) groups excluding carboxylic acids is 1. The molecule has 2 amide bonds. The fourth-order valence-electron chi connectivity index (χ4n) is 3.47. The number of hydrogen-bond donors (Lipinski definition) is 2. The number of ether oxygens (including phenoxy) is 1. The molecular weight excluding hydrogens is 410 g/mol. The number of aromatic nitrogens is 2. The lowest BCUT2D eigenvalue weighted by Gasteiger charge is -2.38. The highest BCUT2D eigenvalue weighted by molar-refractivity contribution is 7.15.